The highest BCUT2D eigenvalue weighted by molar-refractivity contribution is 9.10. The Balaban J connectivity index is 2.81. The van der Waals surface area contributed by atoms with Crippen molar-refractivity contribution in [1.29, 1.82) is 0 Å². The Morgan fingerprint density at radius 2 is 2.12 bits per heavy atom. The average Bonchev–Trinajstić information content (AvgIpc) is 2.12. The van der Waals surface area contributed by atoms with Crippen LogP contribution in [0.25, 0.3) is 0 Å². The Kier molecular flexibility index (Phi) is 4.23. The summed E-state index contributed by atoms with van der Waals surface area (Å²) in [7, 11) is 0. The van der Waals surface area contributed by atoms with E-state index in [4.69, 9.17) is 5.11 Å². The van der Waals surface area contributed by atoms with Crippen LogP contribution in [0, 0.1) is 11.6 Å². The van der Waals surface area contributed by atoms with Crippen molar-refractivity contribution >= 4 is 27.6 Å². The second-order valence-electron chi connectivity index (χ2n) is 3.39. The lowest BCUT2D eigenvalue weighted by Crippen LogP contribution is -2.20. The van der Waals surface area contributed by atoms with Gasteiger partial charge in [0.25, 0.3) is 0 Å². The number of aliphatic carboxylic acids is 1. The summed E-state index contributed by atoms with van der Waals surface area (Å²) in [6.07, 6.45) is -0.170. The van der Waals surface area contributed by atoms with Crippen molar-refractivity contribution in [3.05, 3.63) is 28.2 Å². The van der Waals surface area contributed by atoms with Crippen molar-refractivity contribution < 1.29 is 18.7 Å². The Hall–Kier alpha value is -1.17. The van der Waals surface area contributed by atoms with E-state index in [0.29, 0.717) is 0 Å². The molecule has 0 aliphatic heterocycles. The Bertz CT molecular complexity index is 412. The maximum absolute atomic E-state index is 13.3. The fraction of sp³-hybridized carbons (Fsp3) is 0.300. The van der Waals surface area contributed by atoms with Gasteiger partial charge in [0.1, 0.15) is 11.6 Å². The first-order valence-corrected chi connectivity index (χ1v) is 5.32. The molecule has 0 saturated heterocycles. The van der Waals surface area contributed by atoms with Crippen molar-refractivity contribution in [2.45, 2.75) is 19.4 Å². The number of anilines is 1. The number of nitrogens with one attached hydrogen (secondary N) is 1. The molecule has 0 fully saturated rings. The minimum absolute atomic E-state index is 0.0291. The van der Waals surface area contributed by atoms with Crippen molar-refractivity contribution in [2.75, 3.05) is 5.32 Å². The number of benzene rings is 1. The number of halogens is 3. The highest BCUT2D eigenvalue weighted by Crippen LogP contribution is 2.24. The van der Waals surface area contributed by atoms with Gasteiger partial charge in [0.05, 0.1) is 16.6 Å². The van der Waals surface area contributed by atoms with Crippen LogP contribution in [0.15, 0.2) is 16.6 Å². The summed E-state index contributed by atoms with van der Waals surface area (Å²) in [6.45, 7) is 1.58. The molecule has 1 aromatic carbocycles. The molecule has 3 nitrogen and oxygen atoms in total. The molecule has 2 N–H and O–H groups in total. The van der Waals surface area contributed by atoms with Gasteiger partial charge in [-0.2, -0.15) is 0 Å². The quantitative estimate of drug-likeness (QED) is 0.839. The van der Waals surface area contributed by atoms with Crippen LogP contribution in [0.1, 0.15) is 13.3 Å². The molecule has 0 aromatic heterocycles. The second kappa shape index (κ2) is 5.25. The van der Waals surface area contributed by atoms with Gasteiger partial charge < -0.3 is 10.4 Å². The number of carbonyl (C=O) groups is 1. The van der Waals surface area contributed by atoms with Crippen LogP contribution in [-0.2, 0) is 4.79 Å². The fourth-order valence-corrected chi connectivity index (χ4v) is 1.53. The summed E-state index contributed by atoms with van der Waals surface area (Å²) in [6, 6.07) is 1.50. The van der Waals surface area contributed by atoms with Gasteiger partial charge in [-0.05, 0) is 28.9 Å². The van der Waals surface area contributed by atoms with Crippen molar-refractivity contribution in [3.8, 4) is 0 Å². The zero-order valence-electron chi connectivity index (χ0n) is 8.43. The van der Waals surface area contributed by atoms with Crippen LogP contribution in [0.4, 0.5) is 14.5 Å². The molecule has 1 unspecified atom stereocenters. The Labute approximate surface area is 99.6 Å². The van der Waals surface area contributed by atoms with E-state index < -0.39 is 23.6 Å². The van der Waals surface area contributed by atoms with Crippen LogP contribution in [0.2, 0.25) is 0 Å². The van der Waals surface area contributed by atoms with Crippen molar-refractivity contribution in [2.24, 2.45) is 0 Å². The maximum Gasteiger partial charge on any atom is 0.305 e. The van der Waals surface area contributed by atoms with E-state index in [0.717, 1.165) is 12.1 Å². The highest BCUT2D eigenvalue weighted by Gasteiger charge is 2.12. The molecule has 1 atom stereocenters. The third-order valence-corrected chi connectivity index (χ3v) is 2.50. The largest absolute Gasteiger partial charge is 0.481 e. The van der Waals surface area contributed by atoms with Gasteiger partial charge in [0.2, 0.25) is 0 Å². The summed E-state index contributed by atoms with van der Waals surface area (Å²) >= 11 is 2.85. The van der Waals surface area contributed by atoms with Crippen LogP contribution in [-0.4, -0.2) is 17.1 Å². The molecule has 1 aromatic rings. The third-order valence-electron chi connectivity index (χ3n) is 1.89. The second-order valence-corrected chi connectivity index (χ2v) is 4.24. The van der Waals surface area contributed by atoms with Crippen LogP contribution in [0.3, 0.4) is 0 Å². The van der Waals surface area contributed by atoms with Gasteiger partial charge in [0, 0.05) is 12.1 Å². The van der Waals surface area contributed by atoms with E-state index >= 15 is 0 Å². The molecule has 6 heteroatoms. The van der Waals surface area contributed by atoms with E-state index in [1.807, 2.05) is 0 Å². The molecule has 0 saturated carbocycles. The summed E-state index contributed by atoms with van der Waals surface area (Å²) in [5.74, 6) is -2.24. The molecule has 16 heavy (non-hydrogen) atoms. The van der Waals surface area contributed by atoms with Gasteiger partial charge in [-0.1, -0.05) is 0 Å². The summed E-state index contributed by atoms with van der Waals surface area (Å²) in [4.78, 5) is 10.4. The summed E-state index contributed by atoms with van der Waals surface area (Å²) in [5, 5.41) is 11.1. The SMILES string of the molecule is CC(CC(=O)O)Nc1cc(F)c(Br)cc1F. The molecule has 88 valence electrons. The van der Waals surface area contributed by atoms with E-state index in [1.165, 1.54) is 0 Å². The molecule has 0 aliphatic carbocycles. The molecule has 0 heterocycles. The number of carboxylic acid groups (broad SMARTS) is 1. The van der Waals surface area contributed by atoms with Gasteiger partial charge in [-0.25, -0.2) is 8.78 Å². The third kappa shape index (κ3) is 3.44. The summed E-state index contributed by atoms with van der Waals surface area (Å²) < 4.78 is 26.5. The molecule has 0 radical (unpaired) electrons. The highest BCUT2D eigenvalue weighted by atomic mass is 79.9. The Morgan fingerprint density at radius 3 is 2.69 bits per heavy atom. The van der Waals surface area contributed by atoms with Crippen LogP contribution >= 0.6 is 15.9 Å². The topological polar surface area (TPSA) is 49.3 Å². The Morgan fingerprint density at radius 1 is 1.50 bits per heavy atom. The van der Waals surface area contributed by atoms with Crippen LogP contribution < -0.4 is 5.32 Å². The number of hydrogen-bond acceptors (Lipinski definition) is 2. The molecule has 0 amide bonds. The minimum atomic E-state index is -1.00. The van der Waals surface area contributed by atoms with Crippen molar-refractivity contribution in [3.63, 3.8) is 0 Å². The summed E-state index contributed by atoms with van der Waals surface area (Å²) in [5.41, 5.74) is -0.0468. The number of hydrogen-bond donors (Lipinski definition) is 2. The lowest BCUT2D eigenvalue weighted by Gasteiger charge is -2.14. The van der Waals surface area contributed by atoms with E-state index in [1.54, 1.807) is 6.92 Å². The van der Waals surface area contributed by atoms with Crippen molar-refractivity contribution in [1.82, 2.24) is 0 Å². The van der Waals surface area contributed by atoms with Gasteiger partial charge in [0.15, 0.2) is 0 Å². The molecule has 0 bridgehead atoms. The van der Waals surface area contributed by atoms with Gasteiger partial charge in [-0.15, -0.1) is 0 Å². The number of rotatable bonds is 4. The predicted molar refractivity (Wildman–Crippen MR) is 59.4 cm³/mol. The smallest absolute Gasteiger partial charge is 0.305 e. The molecule has 0 spiro atoms. The molecular weight excluding hydrogens is 284 g/mol. The first-order valence-electron chi connectivity index (χ1n) is 4.53. The minimum Gasteiger partial charge on any atom is -0.481 e. The normalized spacial score (nSPS) is 12.2. The molecular formula is C10H10BrF2NO2. The van der Waals surface area contributed by atoms with Gasteiger partial charge in [-0.3, -0.25) is 4.79 Å². The first kappa shape index (κ1) is 12.9. The average molecular weight is 294 g/mol. The monoisotopic (exact) mass is 293 g/mol. The fourth-order valence-electron chi connectivity index (χ4n) is 1.21. The van der Waals surface area contributed by atoms with E-state index in [-0.39, 0.29) is 16.6 Å². The predicted octanol–water partition coefficient (Wildman–Crippen LogP) is 3.00. The maximum atomic E-state index is 13.3. The standard InChI is InChI=1S/C10H10BrF2NO2/c1-5(2-10(15)16)14-9-4-7(12)6(11)3-8(9)13/h3-5,14H,2H2,1H3,(H,15,16). The zero-order chi connectivity index (χ0) is 12.3. The zero-order valence-corrected chi connectivity index (χ0v) is 10.0. The number of carboxylic acids is 1. The van der Waals surface area contributed by atoms with Crippen LogP contribution in [0.5, 0.6) is 0 Å². The van der Waals surface area contributed by atoms with Gasteiger partial charge >= 0.3 is 5.97 Å². The lowest BCUT2D eigenvalue weighted by molar-refractivity contribution is -0.137. The van der Waals surface area contributed by atoms with E-state index in [9.17, 15) is 13.6 Å². The lowest BCUT2D eigenvalue weighted by atomic mass is 10.2. The molecule has 1 rings (SSSR count). The first-order chi connectivity index (χ1) is 7.40. The van der Waals surface area contributed by atoms with E-state index in [2.05, 4.69) is 21.2 Å². The molecule has 0 aliphatic rings.